The van der Waals surface area contributed by atoms with Gasteiger partial charge in [-0.25, -0.2) is 0 Å². The zero-order valence-corrected chi connectivity index (χ0v) is 12.7. The van der Waals surface area contributed by atoms with E-state index in [0.29, 0.717) is 0 Å². The topological polar surface area (TPSA) is 39.7 Å². The van der Waals surface area contributed by atoms with Gasteiger partial charge in [-0.1, -0.05) is 6.92 Å². The van der Waals surface area contributed by atoms with Gasteiger partial charge in [0.2, 0.25) is 0 Å². The largest absolute Gasteiger partial charge is 0.497 e. The average molecular weight is 267 g/mol. The number of rotatable bonds is 7. The molecule has 4 nitrogen and oxygen atoms in total. The number of methoxy groups -OCH3 is 3. The molecule has 1 N–H and O–H groups in total. The van der Waals surface area contributed by atoms with Crippen molar-refractivity contribution in [3.8, 4) is 11.5 Å². The molecule has 0 fully saturated rings. The fraction of sp³-hybridized carbons (Fsp3) is 0.600. The van der Waals surface area contributed by atoms with Gasteiger partial charge >= 0.3 is 0 Å². The van der Waals surface area contributed by atoms with Crippen LogP contribution in [0, 0.1) is 0 Å². The highest BCUT2D eigenvalue weighted by Gasteiger charge is 2.34. The standard InChI is InChI=1S/C15H25NO3/c1-7-15(2,19-6)14(16-3)12-10-11(17-4)8-9-13(12)18-5/h8-10,14,16H,7H2,1-6H3. The normalized spacial score (nSPS) is 15.7. The molecule has 19 heavy (non-hydrogen) atoms. The lowest BCUT2D eigenvalue weighted by molar-refractivity contribution is -0.0285. The van der Waals surface area contributed by atoms with Crippen LogP contribution in [0.15, 0.2) is 18.2 Å². The van der Waals surface area contributed by atoms with Crippen LogP contribution in [0.2, 0.25) is 0 Å². The van der Waals surface area contributed by atoms with E-state index in [1.165, 1.54) is 0 Å². The van der Waals surface area contributed by atoms with Crippen LogP contribution in [0.4, 0.5) is 0 Å². The van der Waals surface area contributed by atoms with Crippen LogP contribution in [0.25, 0.3) is 0 Å². The Morgan fingerprint density at radius 2 is 1.89 bits per heavy atom. The summed E-state index contributed by atoms with van der Waals surface area (Å²) in [7, 11) is 7.00. The van der Waals surface area contributed by atoms with Crippen molar-refractivity contribution in [2.75, 3.05) is 28.4 Å². The molecule has 0 aliphatic heterocycles. The van der Waals surface area contributed by atoms with E-state index in [4.69, 9.17) is 14.2 Å². The van der Waals surface area contributed by atoms with Gasteiger partial charge in [0.15, 0.2) is 0 Å². The molecule has 0 spiro atoms. The Labute approximate surface area is 116 Å². The minimum atomic E-state index is -0.311. The van der Waals surface area contributed by atoms with E-state index in [-0.39, 0.29) is 11.6 Å². The smallest absolute Gasteiger partial charge is 0.124 e. The molecule has 1 aromatic carbocycles. The van der Waals surface area contributed by atoms with Crippen molar-refractivity contribution in [2.24, 2.45) is 0 Å². The molecule has 0 saturated carbocycles. The van der Waals surface area contributed by atoms with Gasteiger partial charge in [0.25, 0.3) is 0 Å². The van der Waals surface area contributed by atoms with Crippen LogP contribution in [0.1, 0.15) is 31.9 Å². The summed E-state index contributed by atoms with van der Waals surface area (Å²) in [5.41, 5.74) is 0.726. The van der Waals surface area contributed by atoms with Crippen LogP contribution in [0.5, 0.6) is 11.5 Å². The number of hydrogen-bond donors (Lipinski definition) is 1. The maximum absolute atomic E-state index is 5.71. The fourth-order valence-electron chi connectivity index (χ4n) is 2.32. The second-order valence-corrected chi connectivity index (χ2v) is 4.70. The molecule has 2 unspecified atom stereocenters. The summed E-state index contributed by atoms with van der Waals surface area (Å²) in [5, 5.41) is 3.33. The van der Waals surface area contributed by atoms with Crippen LogP contribution in [-0.4, -0.2) is 34.0 Å². The molecule has 1 rings (SSSR count). The van der Waals surface area contributed by atoms with E-state index in [1.807, 2.05) is 25.2 Å². The molecule has 108 valence electrons. The molecule has 0 aromatic heterocycles. The Morgan fingerprint density at radius 3 is 2.32 bits per heavy atom. The van der Waals surface area contributed by atoms with E-state index in [0.717, 1.165) is 23.5 Å². The van der Waals surface area contributed by atoms with E-state index in [2.05, 4.69) is 19.2 Å². The van der Waals surface area contributed by atoms with Crippen molar-refractivity contribution in [2.45, 2.75) is 31.9 Å². The van der Waals surface area contributed by atoms with Crippen LogP contribution < -0.4 is 14.8 Å². The summed E-state index contributed by atoms with van der Waals surface area (Å²) >= 11 is 0. The molecule has 0 aliphatic rings. The van der Waals surface area contributed by atoms with E-state index in [9.17, 15) is 0 Å². The van der Waals surface area contributed by atoms with E-state index >= 15 is 0 Å². The first-order chi connectivity index (χ1) is 9.06. The van der Waals surface area contributed by atoms with Crippen molar-refractivity contribution in [1.29, 1.82) is 0 Å². The lowest BCUT2D eigenvalue weighted by Crippen LogP contribution is -2.41. The van der Waals surface area contributed by atoms with Gasteiger partial charge in [-0.2, -0.15) is 0 Å². The zero-order chi connectivity index (χ0) is 14.5. The molecular formula is C15H25NO3. The van der Waals surface area contributed by atoms with Gasteiger partial charge in [0, 0.05) is 12.7 Å². The number of likely N-dealkylation sites (N-methyl/N-ethyl adjacent to an activating group) is 1. The highest BCUT2D eigenvalue weighted by Crippen LogP contribution is 2.37. The molecule has 0 bridgehead atoms. The van der Waals surface area contributed by atoms with Gasteiger partial charge in [-0.3, -0.25) is 0 Å². The third kappa shape index (κ3) is 3.19. The van der Waals surface area contributed by atoms with Crippen molar-refractivity contribution in [3.05, 3.63) is 23.8 Å². The monoisotopic (exact) mass is 267 g/mol. The molecule has 0 amide bonds. The van der Waals surface area contributed by atoms with Crippen LogP contribution in [-0.2, 0) is 4.74 Å². The number of benzene rings is 1. The predicted octanol–water partition coefficient (Wildman–Crippen LogP) is 2.78. The first-order valence-corrected chi connectivity index (χ1v) is 6.50. The second kappa shape index (κ2) is 6.78. The van der Waals surface area contributed by atoms with Gasteiger partial charge < -0.3 is 19.5 Å². The highest BCUT2D eigenvalue weighted by molar-refractivity contribution is 5.43. The lowest BCUT2D eigenvalue weighted by Gasteiger charge is -2.36. The Balaban J connectivity index is 3.30. The molecular weight excluding hydrogens is 242 g/mol. The van der Waals surface area contributed by atoms with Gasteiger partial charge in [-0.15, -0.1) is 0 Å². The van der Waals surface area contributed by atoms with Crippen LogP contribution >= 0.6 is 0 Å². The van der Waals surface area contributed by atoms with Gasteiger partial charge in [0.05, 0.1) is 25.9 Å². The number of ether oxygens (including phenoxy) is 3. The summed E-state index contributed by atoms with van der Waals surface area (Å²) in [6, 6.07) is 5.83. The maximum atomic E-state index is 5.71. The van der Waals surface area contributed by atoms with Crippen molar-refractivity contribution < 1.29 is 14.2 Å². The summed E-state index contributed by atoms with van der Waals surface area (Å²) in [6.45, 7) is 4.20. The zero-order valence-electron chi connectivity index (χ0n) is 12.7. The Bertz CT molecular complexity index is 402. The quantitative estimate of drug-likeness (QED) is 0.824. The summed E-state index contributed by atoms with van der Waals surface area (Å²) in [6.07, 6.45) is 0.884. The maximum Gasteiger partial charge on any atom is 0.124 e. The van der Waals surface area contributed by atoms with Crippen molar-refractivity contribution >= 4 is 0 Å². The van der Waals surface area contributed by atoms with Gasteiger partial charge in [-0.05, 0) is 38.6 Å². The molecule has 2 atom stereocenters. The minimum absolute atomic E-state index is 0.0209. The molecule has 0 heterocycles. The van der Waals surface area contributed by atoms with Crippen LogP contribution in [0.3, 0.4) is 0 Å². The number of hydrogen-bond acceptors (Lipinski definition) is 4. The Kier molecular flexibility index (Phi) is 5.63. The van der Waals surface area contributed by atoms with E-state index in [1.54, 1.807) is 21.3 Å². The molecule has 1 aromatic rings. The highest BCUT2D eigenvalue weighted by atomic mass is 16.5. The summed E-state index contributed by atoms with van der Waals surface area (Å²) in [5.74, 6) is 1.64. The fourth-order valence-corrected chi connectivity index (χ4v) is 2.32. The van der Waals surface area contributed by atoms with Crippen molar-refractivity contribution in [1.82, 2.24) is 5.32 Å². The lowest BCUT2D eigenvalue weighted by atomic mass is 9.87. The summed E-state index contributed by atoms with van der Waals surface area (Å²) < 4.78 is 16.5. The Hall–Kier alpha value is -1.26. The molecule has 0 radical (unpaired) electrons. The predicted molar refractivity (Wildman–Crippen MR) is 77.1 cm³/mol. The third-order valence-electron chi connectivity index (χ3n) is 3.82. The molecule has 0 saturated heterocycles. The van der Waals surface area contributed by atoms with E-state index < -0.39 is 0 Å². The third-order valence-corrected chi connectivity index (χ3v) is 3.82. The Morgan fingerprint density at radius 1 is 1.21 bits per heavy atom. The minimum Gasteiger partial charge on any atom is -0.497 e. The van der Waals surface area contributed by atoms with Gasteiger partial charge in [0.1, 0.15) is 11.5 Å². The first kappa shape index (κ1) is 15.8. The number of nitrogens with one attached hydrogen (secondary N) is 1. The first-order valence-electron chi connectivity index (χ1n) is 6.50. The van der Waals surface area contributed by atoms with Crippen molar-refractivity contribution in [3.63, 3.8) is 0 Å². The molecule has 0 aliphatic carbocycles. The SMILES string of the molecule is CCC(C)(OC)C(NC)c1cc(OC)ccc1OC. The molecule has 4 heteroatoms. The second-order valence-electron chi connectivity index (χ2n) is 4.70. The summed E-state index contributed by atoms with van der Waals surface area (Å²) in [4.78, 5) is 0. The average Bonchev–Trinajstić information content (AvgIpc) is 2.47.